The molecule has 0 aliphatic carbocycles. The minimum Gasteiger partial charge on any atom is -0.299 e. The maximum atomic E-state index is 11.9. The third-order valence-corrected chi connectivity index (χ3v) is 3.37. The van der Waals surface area contributed by atoms with E-state index in [2.05, 4.69) is 32.6 Å². The normalized spacial score (nSPS) is 23.3. The van der Waals surface area contributed by atoms with E-state index in [0.717, 1.165) is 38.8 Å². The van der Waals surface area contributed by atoms with E-state index < -0.39 is 0 Å². The van der Waals surface area contributed by atoms with Crippen molar-refractivity contribution in [2.75, 3.05) is 13.1 Å². The lowest BCUT2D eigenvalue weighted by molar-refractivity contribution is -0.122. The minimum absolute atomic E-state index is 0.222. The fourth-order valence-electron chi connectivity index (χ4n) is 2.19. The summed E-state index contributed by atoms with van der Waals surface area (Å²) < 4.78 is 0. The maximum absolute atomic E-state index is 11.9. The minimum atomic E-state index is 0.222. The maximum Gasteiger partial charge on any atom is 0.137 e. The average molecular weight is 211 g/mol. The van der Waals surface area contributed by atoms with Gasteiger partial charge in [-0.05, 0) is 40.2 Å². The van der Waals surface area contributed by atoms with Gasteiger partial charge < -0.3 is 0 Å². The van der Waals surface area contributed by atoms with Gasteiger partial charge in [0.1, 0.15) is 5.78 Å². The smallest absolute Gasteiger partial charge is 0.137 e. The van der Waals surface area contributed by atoms with Gasteiger partial charge in [0.05, 0.1) is 0 Å². The van der Waals surface area contributed by atoms with Gasteiger partial charge >= 0.3 is 0 Å². The van der Waals surface area contributed by atoms with E-state index in [9.17, 15) is 4.79 Å². The summed E-state index contributed by atoms with van der Waals surface area (Å²) in [5.41, 5.74) is 0.222. The van der Waals surface area contributed by atoms with Crippen LogP contribution in [0.4, 0.5) is 0 Å². The molecule has 1 aliphatic rings. The lowest BCUT2D eigenvalue weighted by Crippen LogP contribution is -2.39. The lowest BCUT2D eigenvalue weighted by atomic mass is 9.99. The molecule has 0 aromatic rings. The van der Waals surface area contributed by atoms with E-state index in [1.807, 2.05) is 0 Å². The predicted molar refractivity (Wildman–Crippen MR) is 64.0 cm³/mol. The molecule has 0 aromatic carbocycles. The van der Waals surface area contributed by atoms with E-state index in [1.165, 1.54) is 0 Å². The highest BCUT2D eigenvalue weighted by molar-refractivity contribution is 5.81. The first-order chi connectivity index (χ1) is 6.95. The van der Waals surface area contributed by atoms with Crippen LogP contribution in [0.2, 0.25) is 0 Å². The molecule has 1 aliphatic heterocycles. The van der Waals surface area contributed by atoms with Crippen molar-refractivity contribution in [1.82, 2.24) is 4.90 Å². The molecule has 1 rings (SSSR count). The SMILES string of the molecule is CCCCC(=O)[C@H]1CCN(C(C)(C)C)C1. The van der Waals surface area contributed by atoms with Gasteiger partial charge in [-0.3, -0.25) is 9.69 Å². The van der Waals surface area contributed by atoms with Crippen molar-refractivity contribution < 1.29 is 4.79 Å². The molecular weight excluding hydrogens is 186 g/mol. The fourth-order valence-corrected chi connectivity index (χ4v) is 2.19. The zero-order valence-electron chi connectivity index (χ0n) is 10.7. The van der Waals surface area contributed by atoms with Gasteiger partial charge in [-0.1, -0.05) is 13.3 Å². The van der Waals surface area contributed by atoms with Crippen molar-refractivity contribution in [3.05, 3.63) is 0 Å². The molecule has 0 aromatic heterocycles. The molecule has 0 amide bonds. The summed E-state index contributed by atoms with van der Waals surface area (Å²) in [5, 5.41) is 0. The van der Waals surface area contributed by atoms with Crippen molar-refractivity contribution in [2.24, 2.45) is 5.92 Å². The summed E-state index contributed by atoms with van der Waals surface area (Å²) in [5.74, 6) is 0.805. The van der Waals surface area contributed by atoms with Crippen LogP contribution < -0.4 is 0 Å². The summed E-state index contributed by atoms with van der Waals surface area (Å²) >= 11 is 0. The second kappa shape index (κ2) is 5.11. The first-order valence-corrected chi connectivity index (χ1v) is 6.23. The number of likely N-dealkylation sites (tertiary alicyclic amines) is 1. The van der Waals surface area contributed by atoms with Crippen molar-refractivity contribution >= 4 is 5.78 Å². The molecule has 0 spiro atoms. The Bertz CT molecular complexity index is 217. The summed E-state index contributed by atoms with van der Waals surface area (Å²) in [6.45, 7) is 10.9. The van der Waals surface area contributed by atoms with Crippen LogP contribution in [-0.4, -0.2) is 29.3 Å². The Labute approximate surface area is 94.0 Å². The van der Waals surface area contributed by atoms with Crippen LogP contribution >= 0.6 is 0 Å². The van der Waals surface area contributed by atoms with E-state index in [0.29, 0.717) is 11.7 Å². The van der Waals surface area contributed by atoms with Gasteiger partial charge in [0.15, 0.2) is 0 Å². The molecule has 15 heavy (non-hydrogen) atoms. The van der Waals surface area contributed by atoms with Gasteiger partial charge in [0.25, 0.3) is 0 Å². The number of ketones is 1. The van der Waals surface area contributed by atoms with Crippen molar-refractivity contribution in [3.63, 3.8) is 0 Å². The Morgan fingerprint density at radius 2 is 2.07 bits per heavy atom. The number of nitrogens with zero attached hydrogens (tertiary/aromatic N) is 1. The number of carbonyl (C=O) groups excluding carboxylic acids is 1. The third-order valence-electron chi connectivity index (χ3n) is 3.37. The zero-order valence-corrected chi connectivity index (χ0v) is 10.7. The molecule has 0 unspecified atom stereocenters. The molecule has 0 bridgehead atoms. The van der Waals surface area contributed by atoms with E-state index in [1.54, 1.807) is 0 Å². The Morgan fingerprint density at radius 1 is 1.40 bits per heavy atom. The van der Waals surface area contributed by atoms with Crippen molar-refractivity contribution in [3.8, 4) is 0 Å². The van der Waals surface area contributed by atoms with Crippen LogP contribution in [-0.2, 0) is 4.79 Å². The van der Waals surface area contributed by atoms with Crippen LogP contribution in [0.15, 0.2) is 0 Å². The van der Waals surface area contributed by atoms with Crippen LogP contribution in [0.5, 0.6) is 0 Å². The fraction of sp³-hybridized carbons (Fsp3) is 0.923. The largest absolute Gasteiger partial charge is 0.299 e. The van der Waals surface area contributed by atoms with Gasteiger partial charge in [-0.25, -0.2) is 0 Å². The van der Waals surface area contributed by atoms with E-state index >= 15 is 0 Å². The molecule has 2 nitrogen and oxygen atoms in total. The summed E-state index contributed by atoms with van der Waals surface area (Å²) in [6, 6.07) is 0. The second-order valence-corrected chi connectivity index (χ2v) is 5.67. The Balaban J connectivity index is 2.39. The molecule has 0 radical (unpaired) electrons. The topological polar surface area (TPSA) is 20.3 Å². The number of rotatable bonds is 4. The molecule has 88 valence electrons. The molecule has 0 saturated carbocycles. The Morgan fingerprint density at radius 3 is 2.53 bits per heavy atom. The van der Waals surface area contributed by atoms with Gasteiger partial charge in [0.2, 0.25) is 0 Å². The third kappa shape index (κ3) is 3.60. The predicted octanol–water partition coefficient (Wildman–Crippen LogP) is 2.87. The van der Waals surface area contributed by atoms with Gasteiger partial charge in [-0.15, -0.1) is 0 Å². The first-order valence-electron chi connectivity index (χ1n) is 6.23. The number of unbranched alkanes of at least 4 members (excludes halogenated alkanes) is 1. The number of Topliss-reactive ketones (excluding diaryl/α,β-unsaturated/α-hetero) is 1. The molecule has 1 heterocycles. The highest BCUT2D eigenvalue weighted by Crippen LogP contribution is 2.25. The van der Waals surface area contributed by atoms with E-state index in [4.69, 9.17) is 0 Å². The zero-order chi connectivity index (χ0) is 11.5. The molecule has 0 N–H and O–H groups in total. The molecular formula is C13H25NO. The highest BCUT2D eigenvalue weighted by Gasteiger charge is 2.33. The summed E-state index contributed by atoms with van der Waals surface area (Å²) in [7, 11) is 0. The second-order valence-electron chi connectivity index (χ2n) is 5.67. The quantitative estimate of drug-likeness (QED) is 0.712. The lowest BCUT2D eigenvalue weighted by Gasteiger charge is -2.31. The molecule has 2 heteroatoms. The highest BCUT2D eigenvalue weighted by atomic mass is 16.1. The standard InChI is InChI=1S/C13H25NO/c1-5-6-7-12(15)11-8-9-14(10-11)13(2,3)4/h11H,5-10H2,1-4H3/t11-/m0/s1. The number of hydrogen-bond acceptors (Lipinski definition) is 2. The monoisotopic (exact) mass is 211 g/mol. The van der Waals surface area contributed by atoms with Crippen LogP contribution in [0, 0.1) is 5.92 Å². The average Bonchev–Trinajstić information content (AvgIpc) is 2.62. The molecule has 1 fully saturated rings. The van der Waals surface area contributed by atoms with E-state index in [-0.39, 0.29) is 5.54 Å². The van der Waals surface area contributed by atoms with Crippen LogP contribution in [0.25, 0.3) is 0 Å². The number of carbonyl (C=O) groups is 1. The summed E-state index contributed by atoms with van der Waals surface area (Å²) in [6.07, 6.45) is 4.05. The molecule has 1 atom stereocenters. The van der Waals surface area contributed by atoms with Crippen molar-refractivity contribution in [1.29, 1.82) is 0 Å². The van der Waals surface area contributed by atoms with Gasteiger partial charge in [0, 0.05) is 24.4 Å². The Hall–Kier alpha value is -0.370. The molecule has 1 saturated heterocycles. The summed E-state index contributed by atoms with van der Waals surface area (Å²) in [4.78, 5) is 14.3. The van der Waals surface area contributed by atoms with Crippen LogP contribution in [0.3, 0.4) is 0 Å². The number of hydrogen-bond donors (Lipinski definition) is 0. The van der Waals surface area contributed by atoms with Crippen molar-refractivity contribution in [2.45, 2.75) is 58.9 Å². The Kier molecular flexibility index (Phi) is 4.32. The van der Waals surface area contributed by atoms with Crippen LogP contribution in [0.1, 0.15) is 53.4 Å². The first kappa shape index (κ1) is 12.7. The van der Waals surface area contributed by atoms with Gasteiger partial charge in [-0.2, -0.15) is 0 Å².